The molecule has 1 unspecified atom stereocenters. The van der Waals surface area contributed by atoms with Crippen molar-refractivity contribution in [2.75, 3.05) is 19.5 Å². The minimum absolute atomic E-state index is 0.409. The third-order valence-electron chi connectivity index (χ3n) is 3.00. The van der Waals surface area contributed by atoms with Gasteiger partial charge in [0.05, 0.1) is 14.2 Å². The zero-order valence-electron chi connectivity index (χ0n) is 11.5. The van der Waals surface area contributed by atoms with Crippen molar-refractivity contribution in [3.63, 3.8) is 0 Å². The molecule has 4 nitrogen and oxygen atoms in total. The Labute approximate surface area is 118 Å². The van der Waals surface area contributed by atoms with Crippen LogP contribution in [0, 0.1) is 0 Å². The second kappa shape index (κ2) is 6.61. The van der Waals surface area contributed by atoms with Crippen LogP contribution in [0.1, 0.15) is 11.6 Å². The number of anilines is 1. The van der Waals surface area contributed by atoms with Gasteiger partial charge in [-0.05, 0) is 29.8 Å². The highest BCUT2D eigenvalue weighted by molar-refractivity contribution is 5.68. The van der Waals surface area contributed by atoms with E-state index in [0.717, 1.165) is 29.0 Å². The minimum Gasteiger partial charge on any atom is -0.497 e. The molecule has 0 aliphatic carbocycles. The molecule has 0 aliphatic heterocycles. The molecule has 0 aromatic heterocycles. The lowest BCUT2D eigenvalue weighted by atomic mass is 10.1. The van der Waals surface area contributed by atoms with Crippen LogP contribution in [0.2, 0.25) is 0 Å². The predicted octanol–water partition coefficient (Wildman–Crippen LogP) is 3.06. The van der Waals surface area contributed by atoms with E-state index in [1.54, 1.807) is 14.2 Å². The molecule has 0 spiro atoms. The van der Waals surface area contributed by atoms with Crippen molar-refractivity contribution in [2.45, 2.75) is 6.04 Å². The smallest absolute Gasteiger partial charge is 0.146 e. The third-order valence-corrected chi connectivity index (χ3v) is 3.00. The average Bonchev–Trinajstić information content (AvgIpc) is 2.53. The highest BCUT2D eigenvalue weighted by Crippen LogP contribution is 2.23. The van der Waals surface area contributed by atoms with Gasteiger partial charge in [0.2, 0.25) is 0 Å². The molecular formula is C16H17NO3. The minimum atomic E-state index is -0.409. The summed E-state index contributed by atoms with van der Waals surface area (Å²) in [5, 5.41) is 3.17. The summed E-state index contributed by atoms with van der Waals surface area (Å²) in [5.74, 6) is 1.51. The van der Waals surface area contributed by atoms with Gasteiger partial charge in [-0.1, -0.05) is 18.2 Å². The molecule has 0 saturated carbocycles. The first-order valence-electron chi connectivity index (χ1n) is 6.26. The number of hydrogen-bond acceptors (Lipinski definition) is 4. The van der Waals surface area contributed by atoms with E-state index in [-0.39, 0.29) is 0 Å². The third kappa shape index (κ3) is 3.29. The number of aldehydes is 1. The molecule has 0 bridgehead atoms. The summed E-state index contributed by atoms with van der Waals surface area (Å²) < 4.78 is 10.3. The first kappa shape index (κ1) is 13.9. The van der Waals surface area contributed by atoms with Gasteiger partial charge < -0.3 is 19.6 Å². The van der Waals surface area contributed by atoms with E-state index in [1.165, 1.54) is 0 Å². The van der Waals surface area contributed by atoms with Crippen molar-refractivity contribution in [1.29, 1.82) is 0 Å². The maximum atomic E-state index is 11.3. The Morgan fingerprint density at radius 2 is 1.70 bits per heavy atom. The molecule has 2 aromatic carbocycles. The van der Waals surface area contributed by atoms with E-state index in [9.17, 15) is 4.79 Å². The van der Waals surface area contributed by atoms with Gasteiger partial charge in [0.25, 0.3) is 0 Å². The van der Waals surface area contributed by atoms with E-state index >= 15 is 0 Å². The molecule has 0 heterocycles. The molecule has 1 N–H and O–H groups in total. The fourth-order valence-electron chi connectivity index (χ4n) is 1.90. The Balaban J connectivity index is 2.16. The van der Waals surface area contributed by atoms with Crippen LogP contribution in [-0.4, -0.2) is 20.5 Å². The molecule has 2 aromatic rings. The first-order valence-corrected chi connectivity index (χ1v) is 6.26. The first-order chi connectivity index (χ1) is 9.76. The molecule has 0 saturated heterocycles. The zero-order chi connectivity index (χ0) is 14.4. The number of carbonyl (C=O) groups excluding carboxylic acids is 1. The van der Waals surface area contributed by atoms with Crippen molar-refractivity contribution in [3.8, 4) is 11.5 Å². The van der Waals surface area contributed by atoms with E-state index in [0.29, 0.717) is 0 Å². The average molecular weight is 271 g/mol. The van der Waals surface area contributed by atoms with Crippen LogP contribution in [0.3, 0.4) is 0 Å². The molecule has 20 heavy (non-hydrogen) atoms. The summed E-state index contributed by atoms with van der Waals surface area (Å²) in [5.41, 5.74) is 1.71. The van der Waals surface area contributed by atoms with Crippen LogP contribution in [0.5, 0.6) is 11.5 Å². The van der Waals surface area contributed by atoms with Gasteiger partial charge in [-0.25, -0.2) is 0 Å². The Morgan fingerprint density at radius 3 is 2.30 bits per heavy atom. The van der Waals surface area contributed by atoms with Crippen molar-refractivity contribution >= 4 is 12.0 Å². The quantitative estimate of drug-likeness (QED) is 0.820. The molecule has 0 fully saturated rings. The molecular weight excluding hydrogens is 254 g/mol. The summed E-state index contributed by atoms with van der Waals surface area (Å²) in [6, 6.07) is 14.5. The van der Waals surface area contributed by atoms with Gasteiger partial charge in [-0.15, -0.1) is 0 Å². The van der Waals surface area contributed by atoms with E-state index in [4.69, 9.17) is 9.47 Å². The monoisotopic (exact) mass is 271 g/mol. The van der Waals surface area contributed by atoms with E-state index in [2.05, 4.69) is 5.32 Å². The zero-order valence-corrected chi connectivity index (χ0v) is 11.5. The topological polar surface area (TPSA) is 47.6 Å². The second-order valence-corrected chi connectivity index (χ2v) is 4.26. The Bertz CT molecular complexity index is 566. The van der Waals surface area contributed by atoms with Crippen LogP contribution in [0.15, 0.2) is 48.5 Å². The summed E-state index contributed by atoms with van der Waals surface area (Å²) >= 11 is 0. The second-order valence-electron chi connectivity index (χ2n) is 4.26. The fraction of sp³-hybridized carbons (Fsp3) is 0.188. The van der Waals surface area contributed by atoms with Crippen molar-refractivity contribution in [2.24, 2.45) is 0 Å². The van der Waals surface area contributed by atoms with Crippen LogP contribution in [0.25, 0.3) is 0 Å². The van der Waals surface area contributed by atoms with E-state index < -0.39 is 6.04 Å². The largest absolute Gasteiger partial charge is 0.497 e. The van der Waals surface area contributed by atoms with Crippen LogP contribution in [-0.2, 0) is 4.79 Å². The number of nitrogens with one attached hydrogen (secondary N) is 1. The van der Waals surface area contributed by atoms with Crippen LogP contribution in [0.4, 0.5) is 5.69 Å². The van der Waals surface area contributed by atoms with Gasteiger partial charge in [-0.3, -0.25) is 0 Å². The molecule has 2 rings (SSSR count). The van der Waals surface area contributed by atoms with E-state index in [1.807, 2.05) is 48.5 Å². The van der Waals surface area contributed by atoms with Gasteiger partial charge >= 0.3 is 0 Å². The standard InChI is InChI=1S/C16H17NO3/c1-19-14-8-6-12(7-9-14)16(11-18)17-13-4-3-5-15(10-13)20-2/h3-11,16-17H,1-2H3. The van der Waals surface area contributed by atoms with Gasteiger partial charge in [-0.2, -0.15) is 0 Å². The normalized spacial score (nSPS) is 11.5. The Morgan fingerprint density at radius 1 is 1.00 bits per heavy atom. The number of carbonyl (C=O) groups is 1. The number of hydrogen-bond donors (Lipinski definition) is 1. The number of ether oxygens (including phenoxy) is 2. The SMILES string of the molecule is COc1ccc(C(C=O)Nc2cccc(OC)c2)cc1. The highest BCUT2D eigenvalue weighted by atomic mass is 16.5. The van der Waals surface area contributed by atoms with Gasteiger partial charge in [0.1, 0.15) is 23.8 Å². The molecule has 1 atom stereocenters. The Hall–Kier alpha value is -2.49. The van der Waals surface area contributed by atoms with Crippen molar-refractivity contribution in [1.82, 2.24) is 0 Å². The fourth-order valence-corrected chi connectivity index (χ4v) is 1.90. The van der Waals surface area contributed by atoms with Crippen LogP contribution < -0.4 is 14.8 Å². The van der Waals surface area contributed by atoms with Gasteiger partial charge in [0.15, 0.2) is 0 Å². The lowest BCUT2D eigenvalue weighted by Crippen LogP contribution is -2.11. The summed E-state index contributed by atoms with van der Waals surface area (Å²) in [7, 11) is 3.22. The molecule has 0 radical (unpaired) electrons. The van der Waals surface area contributed by atoms with Crippen molar-refractivity contribution < 1.29 is 14.3 Å². The molecule has 4 heteroatoms. The lowest BCUT2D eigenvalue weighted by Gasteiger charge is -2.15. The maximum Gasteiger partial charge on any atom is 0.146 e. The highest BCUT2D eigenvalue weighted by Gasteiger charge is 2.10. The summed E-state index contributed by atoms with van der Waals surface area (Å²) in [6.07, 6.45) is 0.876. The summed E-state index contributed by atoms with van der Waals surface area (Å²) in [4.78, 5) is 11.3. The van der Waals surface area contributed by atoms with Gasteiger partial charge in [0, 0.05) is 11.8 Å². The van der Waals surface area contributed by atoms with Crippen molar-refractivity contribution in [3.05, 3.63) is 54.1 Å². The lowest BCUT2D eigenvalue weighted by molar-refractivity contribution is -0.108. The predicted molar refractivity (Wildman–Crippen MR) is 78.4 cm³/mol. The maximum absolute atomic E-state index is 11.3. The molecule has 104 valence electrons. The Kier molecular flexibility index (Phi) is 4.60. The molecule has 0 aliphatic rings. The molecule has 0 amide bonds. The number of methoxy groups -OCH3 is 2. The van der Waals surface area contributed by atoms with Crippen LogP contribution >= 0.6 is 0 Å². The number of rotatable bonds is 6. The summed E-state index contributed by atoms with van der Waals surface area (Å²) in [6.45, 7) is 0. The number of benzene rings is 2.